The fourth-order valence-corrected chi connectivity index (χ4v) is 4.12. The van der Waals surface area contributed by atoms with Crippen LogP contribution in [0.15, 0.2) is 0 Å². The average molecular weight is 270 g/mol. The van der Waals surface area contributed by atoms with Crippen molar-refractivity contribution in [1.82, 2.24) is 10.6 Å². The maximum atomic E-state index is 11.5. The molecule has 2 N–H and O–H groups in total. The Hall–Kier alpha value is -0.710. The number of nitrogens with one attached hydrogen (secondary N) is 2. The number of amides is 2. The van der Waals surface area contributed by atoms with Gasteiger partial charge >= 0.3 is 6.03 Å². The van der Waals surface area contributed by atoms with Gasteiger partial charge in [0.15, 0.2) is 0 Å². The lowest BCUT2D eigenvalue weighted by Gasteiger charge is -2.16. The lowest BCUT2D eigenvalue weighted by atomic mass is 10.00. The van der Waals surface area contributed by atoms with Crippen LogP contribution in [0.2, 0.25) is 0 Å². The highest BCUT2D eigenvalue weighted by Gasteiger charge is 2.42. The molecule has 0 aromatic carbocycles. The van der Waals surface area contributed by atoms with Crippen LogP contribution in [0, 0.1) is 5.92 Å². The molecule has 2 heterocycles. The molecule has 18 heavy (non-hydrogen) atoms. The van der Waals surface area contributed by atoms with Gasteiger partial charge in [0.25, 0.3) is 0 Å². The molecule has 2 rings (SSSR count). The van der Waals surface area contributed by atoms with E-state index in [1.807, 2.05) is 25.6 Å². The summed E-state index contributed by atoms with van der Waals surface area (Å²) in [5.74, 6) is 1.54. The fraction of sp³-hybridized carbons (Fsp3) is 0.846. The van der Waals surface area contributed by atoms with E-state index in [-0.39, 0.29) is 11.9 Å². The van der Waals surface area contributed by atoms with Gasteiger partial charge < -0.3 is 10.6 Å². The van der Waals surface area contributed by atoms with Crippen LogP contribution in [0.1, 0.15) is 39.5 Å². The molecule has 0 radical (unpaired) electrons. The molecular weight excluding hydrogens is 248 g/mol. The summed E-state index contributed by atoms with van der Waals surface area (Å²) in [6.07, 6.45) is 3.86. The summed E-state index contributed by atoms with van der Waals surface area (Å²) in [7, 11) is 0. The smallest absolute Gasteiger partial charge is 0.315 e. The number of rotatable bonds is 6. The summed E-state index contributed by atoms with van der Waals surface area (Å²) >= 11 is 1.94. The zero-order valence-electron chi connectivity index (χ0n) is 11.1. The first-order valence-corrected chi connectivity index (χ1v) is 7.84. The molecule has 4 nitrogen and oxygen atoms in total. The van der Waals surface area contributed by atoms with Gasteiger partial charge in [0.05, 0.1) is 12.1 Å². The van der Waals surface area contributed by atoms with E-state index in [1.54, 1.807) is 0 Å². The number of hydrogen-bond donors (Lipinski definition) is 2. The van der Waals surface area contributed by atoms with E-state index in [0.717, 1.165) is 25.0 Å². The quantitative estimate of drug-likeness (QED) is 0.573. The SMILES string of the molecule is CC(C)C(=O)CCCC[C@@H]1SCC2NC(=O)N[C@@H]21. The number of Topliss-reactive ketones (excluding diaryl/α,β-unsaturated/α-hetero) is 1. The van der Waals surface area contributed by atoms with E-state index >= 15 is 0 Å². The molecule has 0 aromatic rings. The van der Waals surface area contributed by atoms with E-state index in [0.29, 0.717) is 29.5 Å². The van der Waals surface area contributed by atoms with Crippen LogP contribution >= 0.6 is 11.8 Å². The maximum absolute atomic E-state index is 11.5. The van der Waals surface area contributed by atoms with Gasteiger partial charge in [-0.05, 0) is 12.8 Å². The Balaban J connectivity index is 1.66. The fourth-order valence-electron chi connectivity index (χ4n) is 2.58. The molecule has 102 valence electrons. The standard InChI is InChI=1S/C13H22N2O2S/c1-8(2)10(16)5-3-4-6-11-12-9(7-18-11)14-13(17)15-12/h8-9,11-12H,3-7H2,1-2H3,(H2,14,15,17)/t9?,11-,12-/m0/s1. The van der Waals surface area contributed by atoms with Gasteiger partial charge in [0.1, 0.15) is 5.78 Å². The Morgan fingerprint density at radius 1 is 1.39 bits per heavy atom. The highest BCUT2D eigenvalue weighted by molar-refractivity contribution is 8.00. The van der Waals surface area contributed by atoms with E-state index in [1.165, 1.54) is 0 Å². The van der Waals surface area contributed by atoms with Gasteiger partial charge in [-0.2, -0.15) is 11.8 Å². The summed E-state index contributed by atoms with van der Waals surface area (Å²) < 4.78 is 0. The predicted octanol–water partition coefficient (Wildman–Crippen LogP) is 1.94. The molecule has 2 saturated heterocycles. The highest BCUT2D eigenvalue weighted by atomic mass is 32.2. The second-order valence-corrected chi connectivity index (χ2v) is 6.76. The molecule has 0 aromatic heterocycles. The molecular formula is C13H22N2O2S. The Kier molecular flexibility index (Phi) is 4.54. The topological polar surface area (TPSA) is 58.2 Å². The highest BCUT2D eigenvalue weighted by Crippen LogP contribution is 2.33. The summed E-state index contributed by atoms with van der Waals surface area (Å²) in [6.45, 7) is 3.92. The molecule has 3 atom stereocenters. The van der Waals surface area contributed by atoms with E-state index in [4.69, 9.17) is 0 Å². The minimum atomic E-state index is -0.0229. The van der Waals surface area contributed by atoms with Crippen molar-refractivity contribution in [1.29, 1.82) is 0 Å². The zero-order chi connectivity index (χ0) is 13.1. The summed E-state index contributed by atoms with van der Waals surface area (Å²) in [5.41, 5.74) is 0. The molecule has 2 amide bonds. The van der Waals surface area contributed by atoms with Crippen LogP contribution in [-0.4, -0.2) is 34.9 Å². The van der Waals surface area contributed by atoms with Crippen LogP contribution in [-0.2, 0) is 4.79 Å². The number of thioether (sulfide) groups is 1. The predicted molar refractivity (Wildman–Crippen MR) is 73.8 cm³/mol. The van der Waals surface area contributed by atoms with Gasteiger partial charge in [0, 0.05) is 23.3 Å². The minimum absolute atomic E-state index is 0.0229. The molecule has 2 fully saturated rings. The van der Waals surface area contributed by atoms with Gasteiger partial charge in [0.2, 0.25) is 0 Å². The lowest BCUT2D eigenvalue weighted by molar-refractivity contribution is -0.122. The van der Waals surface area contributed by atoms with E-state index < -0.39 is 0 Å². The van der Waals surface area contributed by atoms with E-state index in [9.17, 15) is 9.59 Å². The van der Waals surface area contributed by atoms with Crippen molar-refractivity contribution >= 4 is 23.6 Å². The third-order valence-electron chi connectivity index (χ3n) is 3.74. The van der Waals surface area contributed by atoms with Crippen LogP contribution in [0.5, 0.6) is 0 Å². The van der Waals surface area contributed by atoms with Crippen LogP contribution in [0.3, 0.4) is 0 Å². The Labute approximate surface area is 113 Å². The normalized spacial score (nSPS) is 30.2. The Morgan fingerprint density at radius 2 is 2.17 bits per heavy atom. The summed E-state index contributed by atoms with van der Waals surface area (Å²) in [5, 5.41) is 6.46. The number of hydrogen-bond acceptors (Lipinski definition) is 3. The molecule has 0 spiro atoms. The van der Waals surface area contributed by atoms with Crippen molar-refractivity contribution in [3.8, 4) is 0 Å². The first kappa shape index (κ1) is 13.7. The number of carbonyl (C=O) groups excluding carboxylic acids is 2. The largest absolute Gasteiger partial charge is 0.332 e. The maximum Gasteiger partial charge on any atom is 0.315 e. The number of urea groups is 1. The second-order valence-electron chi connectivity index (χ2n) is 5.49. The second kappa shape index (κ2) is 5.95. The first-order chi connectivity index (χ1) is 8.58. The van der Waals surface area contributed by atoms with Crippen LogP contribution in [0.4, 0.5) is 4.79 Å². The first-order valence-electron chi connectivity index (χ1n) is 6.79. The third-order valence-corrected chi connectivity index (χ3v) is 5.25. The number of fused-ring (bicyclic) bond motifs is 1. The third kappa shape index (κ3) is 3.19. The molecule has 2 aliphatic rings. The Morgan fingerprint density at radius 3 is 2.89 bits per heavy atom. The van der Waals surface area contributed by atoms with Gasteiger partial charge in [-0.3, -0.25) is 4.79 Å². The molecule has 1 unspecified atom stereocenters. The van der Waals surface area contributed by atoms with Crippen LogP contribution < -0.4 is 10.6 Å². The van der Waals surface area contributed by atoms with Crippen molar-refractivity contribution < 1.29 is 9.59 Å². The monoisotopic (exact) mass is 270 g/mol. The van der Waals surface area contributed by atoms with Crippen molar-refractivity contribution in [3.63, 3.8) is 0 Å². The van der Waals surface area contributed by atoms with Gasteiger partial charge in [-0.1, -0.05) is 20.3 Å². The lowest BCUT2D eigenvalue weighted by Crippen LogP contribution is -2.36. The van der Waals surface area contributed by atoms with Gasteiger partial charge in [-0.15, -0.1) is 0 Å². The molecule has 0 bridgehead atoms. The summed E-state index contributed by atoms with van der Waals surface area (Å²) in [4.78, 5) is 22.7. The Bertz CT molecular complexity index is 333. The zero-order valence-corrected chi connectivity index (χ0v) is 11.9. The molecule has 0 saturated carbocycles. The number of carbonyl (C=O) groups is 2. The minimum Gasteiger partial charge on any atom is -0.332 e. The van der Waals surface area contributed by atoms with E-state index in [2.05, 4.69) is 10.6 Å². The summed E-state index contributed by atoms with van der Waals surface area (Å²) in [6, 6.07) is 0.582. The van der Waals surface area contributed by atoms with Crippen molar-refractivity contribution in [3.05, 3.63) is 0 Å². The molecule has 2 aliphatic heterocycles. The van der Waals surface area contributed by atoms with Crippen molar-refractivity contribution in [2.45, 2.75) is 56.9 Å². The molecule has 0 aliphatic carbocycles. The van der Waals surface area contributed by atoms with Crippen LogP contribution in [0.25, 0.3) is 0 Å². The number of unbranched alkanes of at least 4 members (excludes halogenated alkanes) is 1. The number of ketones is 1. The molecule has 5 heteroatoms. The van der Waals surface area contributed by atoms with Crippen molar-refractivity contribution in [2.75, 3.05) is 5.75 Å². The van der Waals surface area contributed by atoms with Crippen molar-refractivity contribution in [2.24, 2.45) is 5.92 Å². The van der Waals surface area contributed by atoms with Gasteiger partial charge in [-0.25, -0.2) is 4.79 Å². The average Bonchev–Trinajstić information content (AvgIpc) is 2.84.